The summed E-state index contributed by atoms with van der Waals surface area (Å²) in [6, 6.07) is 17.2. The highest BCUT2D eigenvalue weighted by Crippen LogP contribution is 2.26. The van der Waals surface area contributed by atoms with Gasteiger partial charge in [-0.3, -0.25) is 4.79 Å². The average molecular weight is 325 g/mol. The first-order valence-electron chi connectivity index (χ1n) is 8.53. The number of para-hydroxylation sites is 1. The molecule has 1 saturated carbocycles. The molecule has 0 aromatic heterocycles. The van der Waals surface area contributed by atoms with Crippen LogP contribution in [-0.4, -0.2) is 19.1 Å². The summed E-state index contributed by atoms with van der Waals surface area (Å²) < 4.78 is 11.3. The maximum Gasteiger partial charge on any atom is 0.227 e. The summed E-state index contributed by atoms with van der Waals surface area (Å²) in [7, 11) is 0. The number of hydrogen-bond donors (Lipinski definition) is 1. The van der Waals surface area contributed by atoms with Gasteiger partial charge in [-0.2, -0.15) is 0 Å². The Kier molecular flexibility index (Phi) is 5.72. The van der Waals surface area contributed by atoms with Crippen LogP contribution in [0.5, 0.6) is 11.5 Å². The minimum atomic E-state index is 0.122. The first kappa shape index (κ1) is 16.4. The van der Waals surface area contributed by atoms with Gasteiger partial charge in [-0.15, -0.1) is 0 Å². The van der Waals surface area contributed by atoms with Crippen molar-refractivity contribution in [2.75, 3.05) is 18.5 Å². The summed E-state index contributed by atoms with van der Waals surface area (Å²) in [6.45, 7) is 0.928. The zero-order chi connectivity index (χ0) is 16.6. The van der Waals surface area contributed by atoms with Crippen LogP contribution in [0, 0.1) is 5.92 Å². The molecule has 2 aromatic rings. The molecule has 0 bridgehead atoms. The lowest BCUT2D eigenvalue weighted by atomic mass is 10.1. The SMILES string of the molecule is O=C(Nc1cccc(OCCOc2ccccc2)c1)C1CCCC1. The maximum absolute atomic E-state index is 12.2. The van der Waals surface area contributed by atoms with Gasteiger partial charge in [0.2, 0.25) is 5.91 Å². The molecule has 3 rings (SSSR count). The molecule has 0 heterocycles. The second-order valence-corrected chi connectivity index (χ2v) is 6.01. The van der Waals surface area contributed by atoms with Gasteiger partial charge in [0.25, 0.3) is 0 Å². The van der Waals surface area contributed by atoms with Gasteiger partial charge >= 0.3 is 0 Å². The molecule has 1 fully saturated rings. The third-order valence-corrected chi connectivity index (χ3v) is 4.19. The van der Waals surface area contributed by atoms with Crippen molar-refractivity contribution >= 4 is 11.6 Å². The summed E-state index contributed by atoms with van der Waals surface area (Å²) in [5, 5.41) is 2.99. The van der Waals surface area contributed by atoms with Crippen LogP contribution in [-0.2, 0) is 4.79 Å². The number of hydrogen-bond acceptors (Lipinski definition) is 3. The van der Waals surface area contributed by atoms with Gasteiger partial charge in [0.05, 0.1) is 0 Å². The Morgan fingerprint density at radius 1 is 0.917 bits per heavy atom. The van der Waals surface area contributed by atoms with Crippen LogP contribution in [0.2, 0.25) is 0 Å². The van der Waals surface area contributed by atoms with Crippen molar-refractivity contribution in [2.45, 2.75) is 25.7 Å². The Morgan fingerprint density at radius 3 is 2.33 bits per heavy atom. The van der Waals surface area contributed by atoms with Gasteiger partial charge in [0, 0.05) is 17.7 Å². The Balaban J connectivity index is 1.45. The highest BCUT2D eigenvalue weighted by Gasteiger charge is 2.22. The summed E-state index contributed by atoms with van der Waals surface area (Å²) >= 11 is 0. The quantitative estimate of drug-likeness (QED) is 0.773. The molecule has 2 aromatic carbocycles. The van der Waals surface area contributed by atoms with E-state index in [1.165, 1.54) is 0 Å². The lowest BCUT2D eigenvalue weighted by molar-refractivity contribution is -0.119. The van der Waals surface area contributed by atoms with Crippen molar-refractivity contribution in [1.82, 2.24) is 0 Å². The zero-order valence-corrected chi connectivity index (χ0v) is 13.7. The number of nitrogens with one attached hydrogen (secondary N) is 1. The van der Waals surface area contributed by atoms with Crippen molar-refractivity contribution in [1.29, 1.82) is 0 Å². The number of rotatable bonds is 7. The van der Waals surface area contributed by atoms with Crippen LogP contribution in [0.3, 0.4) is 0 Å². The Morgan fingerprint density at radius 2 is 1.58 bits per heavy atom. The molecule has 24 heavy (non-hydrogen) atoms. The summed E-state index contributed by atoms with van der Waals surface area (Å²) in [5.74, 6) is 1.85. The smallest absolute Gasteiger partial charge is 0.227 e. The third kappa shape index (κ3) is 4.75. The fourth-order valence-corrected chi connectivity index (χ4v) is 2.93. The van der Waals surface area contributed by atoms with E-state index < -0.39 is 0 Å². The monoisotopic (exact) mass is 325 g/mol. The van der Waals surface area contributed by atoms with Gasteiger partial charge in [-0.1, -0.05) is 37.1 Å². The minimum absolute atomic E-state index is 0.122. The highest BCUT2D eigenvalue weighted by molar-refractivity contribution is 5.92. The van der Waals surface area contributed by atoms with Crippen LogP contribution < -0.4 is 14.8 Å². The van der Waals surface area contributed by atoms with Crippen molar-refractivity contribution in [3.63, 3.8) is 0 Å². The molecule has 1 amide bonds. The summed E-state index contributed by atoms with van der Waals surface area (Å²) in [4.78, 5) is 12.2. The van der Waals surface area contributed by atoms with Crippen LogP contribution in [0.1, 0.15) is 25.7 Å². The van der Waals surface area contributed by atoms with Crippen molar-refractivity contribution in [3.05, 3.63) is 54.6 Å². The fourth-order valence-electron chi connectivity index (χ4n) is 2.93. The topological polar surface area (TPSA) is 47.6 Å². The molecule has 126 valence electrons. The van der Waals surface area contributed by atoms with Gasteiger partial charge in [0.15, 0.2) is 0 Å². The number of carbonyl (C=O) groups is 1. The largest absolute Gasteiger partial charge is 0.490 e. The molecule has 0 atom stereocenters. The van der Waals surface area contributed by atoms with E-state index >= 15 is 0 Å². The van der Waals surface area contributed by atoms with Gasteiger partial charge in [-0.05, 0) is 37.1 Å². The molecule has 1 aliphatic rings. The average Bonchev–Trinajstić information content (AvgIpc) is 3.15. The molecule has 0 unspecified atom stereocenters. The van der Waals surface area contributed by atoms with Gasteiger partial charge in [-0.25, -0.2) is 0 Å². The van der Waals surface area contributed by atoms with Gasteiger partial charge < -0.3 is 14.8 Å². The Labute approximate surface area is 142 Å². The lowest BCUT2D eigenvalue weighted by Crippen LogP contribution is -2.20. The Hall–Kier alpha value is -2.49. The molecule has 0 spiro atoms. The first-order chi connectivity index (χ1) is 11.8. The molecular formula is C20H23NO3. The van der Waals surface area contributed by atoms with Crippen LogP contribution >= 0.6 is 0 Å². The zero-order valence-electron chi connectivity index (χ0n) is 13.7. The van der Waals surface area contributed by atoms with Crippen molar-refractivity contribution < 1.29 is 14.3 Å². The van der Waals surface area contributed by atoms with Crippen LogP contribution in [0.15, 0.2) is 54.6 Å². The lowest BCUT2D eigenvalue weighted by Gasteiger charge is -2.12. The van der Waals surface area contributed by atoms with Crippen LogP contribution in [0.4, 0.5) is 5.69 Å². The molecule has 4 heteroatoms. The fraction of sp³-hybridized carbons (Fsp3) is 0.350. The molecule has 1 N–H and O–H groups in total. The van der Waals surface area contributed by atoms with E-state index in [9.17, 15) is 4.79 Å². The standard InChI is InChI=1S/C20H23NO3/c22-20(16-7-4-5-8-16)21-17-9-6-12-19(15-17)24-14-13-23-18-10-2-1-3-11-18/h1-3,6,9-12,15-16H,4-5,7-8,13-14H2,(H,21,22). The number of carbonyl (C=O) groups excluding carboxylic acids is 1. The number of benzene rings is 2. The van der Waals surface area contributed by atoms with Crippen molar-refractivity contribution in [2.24, 2.45) is 5.92 Å². The highest BCUT2D eigenvalue weighted by atomic mass is 16.5. The van der Waals surface area contributed by atoms with E-state index in [1.807, 2.05) is 54.6 Å². The summed E-state index contributed by atoms with van der Waals surface area (Å²) in [5.41, 5.74) is 0.786. The summed E-state index contributed by atoms with van der Waals surface area (Å²) in [6.07, 6.45) is 4.31. The predicted octanol–water partition coefficient (Wildman–Crippen LogP) is 4.27. The van der Waals surface area contributed by atoms with E-state index in [1.54, 1.807) is 0 Å². The van der Waals surface area contributed by atoms with E-state index in [4.69, 9.17) is 9.47 Å². The van der Waals surface area contributed by atoms with E-state index in [-0.39, 0.29) is 11.8 Å². The second kappa shape index (κ2) is 8.39. The number of ether oxygens (including phenoxy) is 2. The molecule has 1 aliphatic carbocycles. The van der Waals surface area contributed by atoms with E-state index in [0.29, 0.717) is 13.2 Å². The molecule has 4 nitrogen and oxygen atoms in total. The van der Waals surface area contributed by atoms with Crippen molar-refractivity contribution in [3.8, 4) is 11.5 Å². The third-order valence-electron chi connectivity index (χ3n) is 4.19. The van der Waals surface area contributed by atoms with E-state index in [2.05, 4.69) is 5.32 Å². The predicted molar refractivity (Wildman–Crippen MR) is 94.5 cm³/mol. The number of anilines is 1. The minimum Gasteiger partial charge on any atom is -0.490 e. The Bertz CT molecular complexity index is 651. The first-order valence-corrected chi connectivity index (χ1v) is 8.53. The maximum atomic E-state index is 12.2. The molecule has 0 radical (unpaired) electrons. The molecule has 0 saturated heterocycles. The molecular weight excluding hydrogens is 302 g/mol. The van der Waals surface area contributed by atoms with Crippen LogP contribution in [0.25, 0.3) is 0 Å². The second-order valence-electron chi connectivity index (χ2n) is 6.01. The molecule has 0 aliphatic heterocycles. The normalized spacial score (nSPS) is 14.3. The number of amides is 1. The van der Waals surface area contributed by atoms with E-state index in [0.717, 1.165) is 42.9 Å². The van der Waals surface area contributed by atoms with Gasteiger partial charge in [0.1, 0.15) is 24.7 Å².